The van der Waals surface area contributed by atoms with Crippen molar-refractivity contribution < 1.29 is 4.74 Å². The van der Waals surface area contributed by atoms with Crippen LogP contribution in [0.15, 0.2) is 0 Å². The fraction of sp³-hybridized carbons (Fsp3) is 1.00. The lowest BCUT2D eigenvalue weighted by Gasteiger charge is -2.58. The molecule has 2 rings (SSSR count). The van der Waals surface area contributed by atoms with Gasteiger partial charge < -0.3 is 4.74 Å². The average Bonchev–Trinajstić information content (AvgIpc) is 2.37. The van der Waals surface area contributed by atoms with E-state index < -0.39 is 0 Å². The highest BCUT2D eigenvalue weighted by Crippen LogP contribution is 2.41. The standard InChI is InChI=1S/C12H24N2O/c1-11(2,3)14-8-12(9-14)10(15-5)6-7-13(12)4/h10H,6-9H2,1-5H3/t10-/m1/s1. The molecular formula is C12H24N2O. The van der Waals surface area contributed by atoms with E-state index in [-0.39, 0.29) is 0 Å². The highest BCUT2D eigenvalue weighted by molar-refractivity contribution is 5.14. The molecule has 88 valence electrons. The maximum Gasteiger partial charge on any atom is 0.0792 e. The maximum atomic E-state index is 5.63. The van der Waals surface area contributed by atoms with E-state index in [1.807, 2.05) is 7.11 Å². The van der Waals surface area contributed by atoms with Crippen LogP contribution in [0.3, 0.4) is 0 Å². The van der Waals surface area contributed by atoms with Gasteiger partial charge in [0.05, 0.1) is 11.6 Å². The molecule has 0 unspecified atom stereocenters. The second-order valence-corrected chi connectivity index (χ2v) is 6.07. The van der Waals surface area contributed by atoms with Crippen LogP contribution in [0.5, 0.6) is 0 Å². The van der Waals surface area contributed by atoms with Crippen molar-refractivity contribution in [1.29, 1.82) is 0 Å². The van der Waals surface area contributed by atoms with Gasteiger partial charge in [-0.25, -0.2) is 0 Å². The Morgan fingerprint density at radius 2 is 1.87 bits per heavy atom. The van der Waals surface area contributed by atoms with Crippen LogP contribution >= 0.6 is 0 Å². The molecule has 0 aromatic carbocycles. The monoisotopic (exact) mass is 212 g/mol. The van der Waals surface area contributed by atoms with Crippen LogP contribution in [0.2, 0.25) is 0 Å². The SMILES string of the molecule is CO[C@@H]1CCN(C)C12CN(C(C)(C)C)C2. The Morgan fingerprint density at radius 1 is 1.27 bits per heavy atom. The third-order valence-corrected chi connectivity index (χ3v) is 4.25. The molecule has 2 heterocycles. The maximum absolute atomic E-state index is 5.63. The fourth-order valence-electron chi connectivity index (χ4n) is 2.92. The quantitative estimate of drug-likeness (QED) is 0.649. The van der Waals surface area contributed by atoms with Crippen molar-refractivity contribution in [2.24, 2.45) is 0 Å². The molecule has 0 radical (unpaired) electrons. The van der Waals surface area contributed by atoms with Crippen LogP contribution in [-0.2, 0) is 4.74 Å². The van der Waals surface area contributed by atoms with Gasteiger partial charge in [-0.15, -0.1) is 0 Å². The van der Waals surface area contributed by atoms with Crippen molar-refractivity contribution in [3.63, 3.8) is 0 Å². The fourth-order valence-corrected chi connectivity index (χ4v) is 2.92. The molecule has 3 heteroatoms. The summed E-state index contributed by atoms with van der Waals surface area (Å²) in [4.78, 5) is 5.03. The van der Waals surface area contributed by atoms with Gasteiger partial charge in [0.1, 0.15) is 0 Å². The third-order valence-electron chi connectivity index (χ3n) is 4.25. The molecule has 2 aliphatic heterocycles. The van der Waals surface area contributed by atoms with Crippen molar-refractivity contribution >= 4 is 0 Å². The summed E-state index contributed by atoms with van der Waals surface area (Å²) in [6, 6.07) is 0. The van der Waals surface area contributed by atoms with E-state index in [1.54, 1.807) is 0 Å². The largest absolute Gasteiger partial charge is 0.379 e. The van der Waals surface area contributed by atoms with Crippen molar-refractivity contribution in [3.8, 4) is 0 Å². The van der Waals surface area contributed by atoms with E-state index in [2.05, 4.69) is 37.6 Å². The predicted molar refractivity (Wildman–Crippen MR) is 62.1 cm³/mol. The second kappa shape index (κ2) is 3.44. The number of nitrogens with zero attached hydrogens (tertiary/aromatic N) is 2. The van der Waals surface area contributed by atoms with Crippen molar-refractivity contribution in [3.05, 3.63) is 0 Å². The molecule has 3 nitrogen and oxygen atoms in total. The number of likely N-dealkylation sites (N-methyl/N-ethyl adjacent to an activating group) is 1. The topological polar surface area (TPSA) is 15.7 Å². The highest BCUT2D eigenvalue weighted by Gasteiger charge is 2.57. The van der Waals surface area contributed by atoms with Gasteiger partial charge in [0.25, 0.3) is 0 Å². The Balaban J connectivity index is 2.05. The molecule has 15 heavy (non-hydrogen) atoms. The molecule has 2 aliphatic rings. The lowest BCUT2D eigenvalue weighted by Crippen LogP contribution is -2.74. The summed E-state index contributed by atoms with van der Waals surface area (Å²) in [6.45, 7) is 10.4. The van der Waals surface area contributed by atoms with Crippen LogP contribution in [-0.4, -0.2) is 60.8 Å². The number of methoxy groups -OCH3 is 1. The Labute approximate surface area is 93.4 Å². The first-order chi connectivity index (χ1) is 6.90. The number of ether oxygens (including phenoxy) is 1. The zero-order chi connectivity index (χ0) is 11.3. The molecule has 0 bridgehead atoms. The van der Waals surface area contributed by atoms with Crippen LogP contribution in [0.1, 0.15) is 27.2 Å². The lowest BCUT2D eigenvalue weighted by atomic mass is 9.81. The second-order valence-electron chi connectivity index (χ2n) is 6.07. The van der Waals surface area contributed by atoms with E-state index >= 15 is 0 Å². The van der Waals surface area contributed by atoms with E-state index in [9.17, 15) is 0 Å². The Bertz CT molecular complexity index is 240. The third kappa shape index (κ3) is 1.61. The molecule has 0 saturated carbocycles. The Hall–Kier alpha value is -0.120. The molecule has 2 saturated heterocycles. The van der Waals surface area contributed by atoms with E-state index in [4.69, 9.17) is 4.74 Å². The summed E-state index contributed by atoms with van der Waals surface area (Å²) in [6.07, 6.45) is 1.62. The lowest BCUT2D eigenvalue weighted by molar-refractivity contribution is -0.120. The molecule has 0 aromatic rings. The van der Waals surface area contributed by atoms with Crippen molar-refractivity contribution in [2.45, 2.75) is 44.4 Å². The van der Waals surface area contributed by atoms with Gasteiger partial charge in [-0.2, -0.15) is 0 Å². The molecule has 1 atom stereocenters. The molecule has 2 fully saturated rings. The summed E-state index contributed by atoms with van der Waals surface area (Å²) in [7, 11) is 4.09. The van der Waals surface area contributed by atoms with Gasteiger partial charge >= 0.3 is 0 Å². The van der Waals surface area contributed by atoms with Gasteiger partial charge in [0.15, 0.2) is 0 Å². The zero-order valence-corrected chi connectivity index (χ0v) is 10.7. The minimum Gasteiger partial charge on any atom is -0.379 e. The van der Waals surface area contributed by atoms with Crippen molar-refractivity contribution in [1.82, 2.24) is 9.80 Å². The first-order valence-electron chi connectivity index (χ1n) is 5.89. The van der Waals surface area contributed by atoms with Gasteiger partial charge in [-0.3, -0.25) is 9.80 Å². The number of hydrogen-bond donors (Lipinski definition) is 0. The van der Waals surface area contributed by atoms with E-state index in [1.165, 1.54) is 13.0 Å². The van der Waals surface area contributed by atoms with E-state index in [0.717, 1.165) is 13.1 Å². The normalized spacial score (nSPS) is 32.2. The van der Waals surface area contributed by atoms with E-state index in [0.29, 0.717) is 17.2 Å². The van der Waals surface area contributed by atoms with Gasteiger partial charge in [0.2, 0.25) is 0 Å². The van der Waals surface area contributed by atoms with Gasteiger partial charge in [-0.05, 0) is 34.2 Å². The summed E-state index contributed by atoms with van der Waals surface area (Å²) < 4.78 is 5.63. The molecule has 0 amide bonds. The molecule has 0 aromatic heterocycles. The van der Waals surface area contributed by atoms with Crippen LogP contribution in [0.25, 0.3) is 0 Å². The first kappa shape index (κ1) is 11.4. The molecule has 1 spiro atoms. The number of rotatable bonds is 1. The van der Waals surface area contributed by atoms with Crippen LogP contribution in [0, 0.1) is 0 Å². The number of likely N-dealkylation sites (tertiary alicyclic amines) is 2. The summed E-state index contributed by atoms with van der Waals surface area (Å²) in [5.74, 6) is 0. The summed E-state index contributed by atoms with van der Waals surface area (Å²) >= 11 is 0. The predicted octanol–water partition coefficient (Wildman–Crippen LogP) is 1.19. The minimum atomic E-state index is 0.299. The van der Waals surface area contributed by atoms with Crippen LogP contribution in [0.4, 0.5) is 0 Å². The number of hydrogen-bond acceptors (Lipinski definition) is 3. The zero-order valence-electron chi connectivity index (χ0n) is 10.7. The average molecular weight is 212 g/mol. The summed E-state index contributed by atoms with van der Waals surface area (Å²) in [5.41, 5.74) is 0.606. The van der Waals surface area contributed by atoms with Crippen LogP contribution < -0.4 is 0 Å². The minimum absolute atomic E-state index is 0.299. The Kier molecular flexibility index (Phi) is 2.61. The molecular weight excluding hydrogens is 188 g/mol. The smallest absolute Gasteiger partial charge is 0.0792 e. The molecule has 0 N–H and O–H groups in total. The highest BCUT2D eigenvalue weighted by atomic mass is 16.5. The molecule has 0 aliphatic carbocycles. The summed E-state index contributed by atoms with van der Waals surface area (Å²) in [5, 5.41) is 0. The van der Waals surface area contributed by atoms with Gasteiger partial charge in [-0.1, -0.05) is 0 Å². The Morgan fingerprint density at radius 3 is 2.33 bits per heavy atom. The van der Waals surface area contributed by atoms with Crippen molar-refractivity contribution in [2.75, 3.05) is 33.8 Å². The van der Waals surface area contributed by atoms with Gasteiger partial charge in [0, 0.05) is 32.3 Å². The first-order valence-corrected chi connectivity index (χ1v) is 5.89.